The van der Waals surface area contributed by atoms with E-state index in [1.54, 1.807) is 0 Å². The number of hydrogen-bond donors (Lipinski definition) is 0. The van der Waals surface area contributed by atoms with E-state index in [2.05, 4.69) is 17.8 Å². The van der Waals surface area contributed by atoms with E-state index < -0.39 is 24.9 Å². The molecule has 0 radical (unpaired) electrons. The molecule has 0 bridgehead atoms. The molecule has 0 unspecified atom stereocenters. The summed E-state index contributed by atoms with van der Waals surface area (Å²) in [6, 6.07) is 0.178. The molecule has 48 valence electrons. The summed E-state index contributed by atoms with van der Waals surface area (Å²) >= 11 is -1.34. The van der Waals surface area contributed by atoms with E-state index in [-0.39, 0.29) is 6.04 Å². The van der Waals surface area contributed by atoms with Gasteiger partial charge in [0.15, 0.2) is 0 Å². The van der Waals surface area contributed by atoms with E-state index in [0.717, 1.165) is 6.42 Å². The van der Waals surface area contributed by atoms with E-state index >= 15 is 0 Å². The first-order chi connectivity index (χ1) is 4.88. The van der Waals surface area contributed by atoms with Crippen LogP contribution in [0.2, 0.25) is 3.43 Å². The Morgan fingerprint density at radius 1 is 1.40 bits per heavy atom. The molecule has 0 aromatic heterocycles. The van der Waals surface area contributed by atoms with Crippen molar-refractivity contribution in [3.8, 4) is 0 Å². The molecule has 10 heavy (non-hydrogen) atoms. The van der Waals surface area contributed by atoms with E-state index in [0.29, 0.717) is 3.43 Å². The van der Waals surface area contributed by atoms with Crippen LogP contribution in [0.4, 0.5) is 0 Å². The van der Waals surface area contributed by atoms with Gasteiger partial charge in [0, 0.05) is 0 Å². The summed E-state index contributed by atoms with van der Waals surface area (Å²) in [6.45, 7) is 0. The van der Waals surface area contributed by atoms with Gasteiger partial charge in [-0.15, -0.1) is 0 Å². The van der Waals surface area contributed by atoms with Crippen LogP contribution >= 0.6 is 0 Å². The van der Waals surface area contributed by atoms with Gasteiger partial charge in [-0.25, -0.2) is 0 Å². The Labute approximate surface area is 69.7 Å². The third kappa shape index (κ3) is 2.06. The zero-order valence-electron chi connectivity index (χ0n) is 5.25. The van der Waals surface area contributed by atoms with Gasteiger partial charge in [0.05, 0.1) is 0 Å². The van der Waals surface area contributed by atoms with E-state index in [9.17, 15) is 0 Å². The molecule has 0 aromatic rings. The molecule has 6 nitrogen and oxygen atoms in total. The van der Waals surface area contributed by atoms with Crippen LogP contribution in [0.1, 0.15) is 6.42 Å². The molecule has 0 N–H and O–H groups in total. The first-order valence-electron chi connectivity index (χ1n) is 2.93. The summed E-state index contributed by atoms with van der Waals surface area (Å²) in [5.74, 6) is 0. The van der Waals surface area contributed by atoms with Gasteiger partial charge in [-0.3, -0.25) is 0 Å². The van der Waals surface area contributed by atoms with Crippen LogP contribution in [0.3, 0.4) is 0 Å². The van der Waals surface area contributed by atoms with Crippen molar-refractivity contribution in [1.82, 2.24) is 0 Å². The van der Waals surface area contributed by atoms with E-state index in [1.807, 2.05) is 0 Å². The molecule has 1 aliphatic carbocycles. The van der Waals surface area contributed by atoms with E-state index in [1.165, 1.54) is 0 Å². The molecule has 1 fully saturated rings. The van der Waals surface area contributed by atoms with Crippen LogP contribution in [0, 0.1) is 0 Å². The summed E-state index contributed by atoms with van der Waals surface area (Å²) in [7, 11) is 0. The summed E-state index contributed by atoms with van der Waals surface area (Å²) in [6.07, 6.45) is 0.963. The fourth-order valence-corrected chi connectivity index (χ4v) is 5.10. The number of nitrogens with zero attached hydrogens (tertiary/aromatic N) is 6. The molecule has 2 atom stereocenters. The summed E-state index contributed by atoms with van der Waals surface area (Å²) in [5, 5.41) is 3.52. The molecule has 1 rings (SSSR count). The fraction of sp³-hybridized carbons (Fsp3) is 1.00. The van der Waals surface area contributed by atoms with Crippen LogP contribution in [-0.2, 0) is 24.9 Å². The Hall–Kier alpha value is -0.445. The zero-order valence-corrected chi connectivity index (χ0v) is 10.7. The van der Waals surface area contributed by atoms with Crippen LogP contribution in [-0.4, -0.2) is 6.04 Å². The zero-order chi connectivity index (χ0) is 7.40. The SMILES string of the molecule is [N-]=[N+]=[N][Hg][C@H]1C[C@H]1N=[N+]=[N-]. The Morgan fingerprint density at radius 3 is 2.80 bits per heavy atom. The van der Waals surface area contributed by atoms with Gasteiger partial charge in [0.25, 0.3) is 0 Å². The molecule has 0 spiro atoms. The second-order valence-corrected chi connectivity index (χ2v) is 8.78. The standard InChI is InChI=1S/C3H4N3.Hg.N3/c4-6-5-3-1-2-3;;1-3-2/h1,3H,2H2;;/q;+1;-1/t3-;;/m0../s1. The van der Waals surface area contributed by atoms with E-state index in [4.69, 9.17) is 11.1 Å². The average Bonchev–Trinajstić information content (AvgIpc) is 2.65. The Kier molecular flexibility index (Phi) is 2.80. The van der Waals surface area contributed by atoms with Crippen molar-refractivity contribution in [3.05, 3.63) is 20.9 Å². The predicted octanol–water partition coefficient (Wildman–Crippen LogP) is 2.17. The molecule has 1 saturated carbocycles. The summed E-state index contributed by atoms with van der Waals surface area (Å²) in [4.78, 5) is 5.38. The molecule has 0 saturated heterocycles. The van der Waals surface area contributed by atoms with Crippen molar-refractivity contribution in [3.63, 3.8) is 0 Å². The van der Waals surface area contributed by atoms with Gasteiger partial charge < -0.3 is 0 Å². The van der Waals surface area contributed by atoms with Crippen molar-refractivity contribution in [2.75, 3.05) is 0 Å². The molecule has 1 aliphatic rings. The maximum absolute atomic E-state index is 8.00. The molecular weight excluding hydrogens is 321 g/mol. The minimum absolute atomic E-state index is 0.178. The monoisotopic (exact) mass is 326 g/mol. The average molecular weight is 325 g/mol. The molecule has 0 aliphatic heterocycles. The van der Waals surface area contributed by atoms with Gasteiger partial charge in [0.1, 0.15) is 0 Å². The predicted molar refractivity (Wildman–Crippen MR) is 30.4 cm³/mol. The molecule has 0 aromatic carbocycles. The van der Waals surface area contributed by atoms with Crippen molar-refractivity contribution in [2.24, 2.45) is 7.99 Å². The third-order valence-electron chi connectivity index (χ3n) is 1.46. The van der Waals surface area contributed by atoms with Gasteiger partial charge >= 0.3 is 69.6 Å². The molecule has 0 heterocycles. The first-order valence-corrected chi connectivity index (χ1v) is 8.57. The van der Waals surface area contributed by atoms with Crippen LogP contribution in [0.25, 0.3) is 20.9 Å². The molecular formula is C3H4HgN6. The number of azide groups is 2. The Bertz CT molecular complexity index is 213. The topological polar surface area (TPSA) is 97.5 Å². The van der Waals surface area contributed by atoms with Gasteiger partial charge in [-0.2, -0.15) is 0 Å². The number of hydrogen-bond acceptors (Lipinski definition) is 2. The van der Waals surface area contributed by atoms with Gasteiger partial charge in [0.2, 0.25) is 0 Å². The Morgan fingerprint density at radius 2 is 2.20 bits per heavy atom. The van der Waals surface area contributed by atoms with Gasteiger partial charge in [-0.1, -0.05) is 0 Å². The fourth-order valence-electron chi connectivity index (χ4n) is 0.777. The van der Waals surface area contributed by atoms with Crippen molar-refractivity contribution < 1.29 is 24.9 Å². The normalized spacial score (nSPS) is 27.2. The number of rotatable bonds is 3. The third-order valence-corrected chi connectivity index (χ3v) is 7.83. The van der Waals surface area contributed by atoms with Crippen molar-refractivity contribution >= 4 is 0 Å². The quantitative estimate of drug-likeness (QED) is 0.329. The van der Waals surface area contributed by atoms with Crippen LogP contribution in [0.5, 0.6) is 0 Å². The Balaban J connectivity index is 2.25. The second kappa shape index (κ2) is 3.66. The maximum atomic E-state index is 8.00. The first kappa shape index (κ1) is 7.66. The minimum atomic E-state index is -1.34. The second-order valence-electron chi connectivity index (χ2n) is 2.18. The van der Waals surface area contributed by atoms with Crippen molar-refractivity contribution in [1.29, 1.82) is 0 Å². The molecule has 0 amide bonds. The summed E-state index contributed by atoms with van der Waals surface area (Å²) in [5.41, 5.74) is 16.0. The molecule has 7 heteroatoms. The summed E-state index contributed by atoms with van der Waals surface area (Å²) < 4.78 is 4.11. The van der Waals surface area contributed by atoms with Crippen LogP contribution in [0.15, 0.2) is 7.99 Å². The van der Waals surface area contributed by atoms with Gasteiger partial charge in [-0.05, 0) is 0 Å². The van der Waals surface area contributed by atoms with Crippen LogP contribution < -0.4 is 0 Å². The van der Waals surface area contributed by atoms with Crippen molar-refractivity contribution in [2.45, 2.75) is 15.9 Å².